The number of rotatable bonds is 5. The molecular weight excluding hydrogens is 351 g/mol. The molecule has 0 spiro atoms. The minimum Gasteiger partial charge on any atom is -0.497 e. The Balaban J connectivity index is 1.99. The molecule has 0 saturated carbocycles. The second-order valence-corrected chi connectivity index (χ2v) is 5.34. The molecule has 0 aliphatic heterocycles. The minimum atomic E-state index is -4.52. The zero-order valence-corrected chi connectivity index (χ0v) is 14.0. The van der Waals surface area contributed by atoms with Crippen molar-refractivity contribution in [1.82, 2.24) is 0 Å². The second kappa shape index (κ2) is 7.90. The van der Waals surface area contributed by atoms with Crippen molar-refractivity contribution in [2.24, 2.45) is 0 Å². The van der Waals surface area contributed by atoms with E-state index >= 15 is 0 Å². The third-order valence-electron chi connectivity index (χ3n) is 3.44. The Labute approximate surface area is 147 Å². The second-order valence-electron chi connectivity index (χ2n) is 5.34. The van der Waals surface area contributed by atoms with Crippen molar-refractivity contribution in [3.63, 3.8) is 0 Å². The average Bonchev–Trinajstić information content (AvgIpc) is 2.61. The van der Waals surface area contributed by atoms with Crippen molar-refractivity contribution in [3.8, 4) is 5.75 Å². The standard InChI is InChI=1S/C18H16F3NO4/c1-11(26-17(24)12-6-8-15(25-2)9-7-12)16(23)22-14-5-3-4-13(10-14)18(19,20)21/h3-11H,1-2H3,(H,22,23)/t11-/m1/s1. The number of hydrogen-bond acceptors (Lipinski definition) is 4. The molecule has 5 nitrogen and oxygen atoms in total. The molecule has 2 aromatic carbocycles. The number of carbonyl (C=O) groups excluding carboxylic acids is 2. The molecule has 1 N–H and O–H groups in total. The van der Waals surface area contributed by atoms with Crippen LogP contribution in [0.25, 0.3) is 0 Å². The maximum atomic E-state index is 12.7. The first-order valence-electron chi connectivity index (χ1n) is 7.54. The van der Waals surface area contributed by atoms with E-state index in [2.05, 4.69) is 5.32 Å². The van der Waals surface area contributed by atoms with Crippen LogP contribution < -0.4 is 10.1 Å². The van der Waals surface area contributed by atoms with Crippen molar-refractivity contribution in [1.29, 1.82) is 0 Å². The van der Waals surface area contributed by atoms with E-state index in [0.717, 1.165) is 12.1 Å². The van der Waals surface area contributed by atoms with E-state index in [9.17, 15) is 22.8 Å². The zero-order valence-electron chi connectivity index (χ0n) is 14.0. The number of anilines is 1. The number of benzene rings is 2. The third-order valence-corrected chi connectivity index (χ3v) is 3.44. The third kappa shape index (κ3) is 4.98. The van der Waals surface area contributed by atoms with Crippen molar-refractivity contribution >= 4 is 17.6 Å². The van der Waals surface area contributed by atoms with Crippen molar-refractivity contribution in [3.05, 3.63) is 59.7 Å². The van der Waals surface area contributed by atoms with E-state index in [1.807, 2.05) is 0 Å². The van der Waals surface area contributed by atoms with Gasteiger partial charge in [0.2, 0.25) is 0 Å². The van der Waals surface area contributed by atoms with Crippen LogP contribution in [0.3, 0.4) is 0 Å². The van der Waals surface area contributed by atoms with E-state index in [4.69, 9.17) is 9.47 Å². The summed E-state index contributed by atoms with van der Waals surface area (Å²) in [6.07, 6.45) is -5.72. The van der Waals surface area contributed by atoms with Gasteiger partial charge >= 0.3 is 12.1 Å². The Bertz CT molecular complexity index is 788. The molecule has 2 rings (SSSR count). The van der Waals surface area contributed by atoms with Crippen LogP contribution in [0.4, 0.5) is 18.9 Å². The number of hydrogen-bond donors (Lipinski definition) is 1. The van der Waals surface area contributed by atoms with Gasteiger partial charge in [0.15, 0.2) is 6.10 Å². The van der Waals surface area contributed by atoms with Gasteiger partial charge in [0.25, 0.3) is 5.91 Å². The summed E-state index contributed by atoms with van der Waals surface area (Å²) in [5.74, 6) is -0.928. The molecule has 1 amide bonds. The first kappa shape index (κ1) is 19.3. The number of alkyl halides is 3. The van der Waals surface area contributed by atoms with Crippen molar-refractivity contribution < 1.29 is 32.2 Å². The van der Waals surface area contributed by atoms with Gasteiger partial charge in [-0.2, -0.15) is 13.2 Å². The summed E-state index contributed by atoms with van der Waals surface area (Å²) in [4.78, 5) is 24.1. The normalized spacial score (nSPS) is 12.2. The first-order chi connectivity index (χ1) is 12.2. The monoisotopic (exact) mass is 367 g/mol. The van der Waals surface area contributed by atoms with Gasteiger partial charge in [-0.15, -0.1) is 0 Å². The van der Waals surface area contributed by atoms with Crippen LogP contribution in [0.1, 0.15) is 22.8 Å². The average molecular weight is 367 g/mol. The molecule has 0 fully saturated rings. The quantitative estimate of drug-likeness (QED) is 0.814. The van der Waals surface area contributed by atoms with Gasteiger partial charge in [-0.1, -0.05) is 6.07 Å². The molecule has 2 aromatic rings. The Morgan fingerprint density at radius 3 is 2.31 bits per heavy atom. The van der Waals surface area contributed by atoms with Crippen LogP contribution in [-0.2, 0) is 15.7 Å². The van der Waals surface area contributed by atoms with Gasteiger partial charge in [0.1, 0.15) is 5.75 Å². The summed E-state index contributed by atoms with van der Waals surface area (Å²) in [6.45, 7) is 1.32. The van der Waals surface area contributed by atoms with E-state index < -0.39 is 29.7 Å². The van der Waals surface area contributed by atoms with Crippen LogP contribution in [0.5, 0.6) is 5.75 Å². The Morgan fingerprint density at radius 2 is 1.73 bits per heavy atom. The van der Waals surface area contributed by atoms with E-state index in [0.29, 0.717) is 5.75 Å². The molecular formula is C18H16F3NO4. The molecule has 0 aliphatic rings. The molecule has 0 aliphatic carbocycles. The lowest BCUT2D eigenvalue weighted by molar-refractivity contribution is -0.137. The summed E-state index contributed by atoms with van der Waals surface area (Å²) >= 11 is 0. The lowest BCUT2D eigenvalue weighted by Gasteiger charge is -2.14. The molecule has 0 radical (unpaired) electrons. The number of nitrogens with one attached hydrogen (secondary N) is 1. The molecule has 26 heavy (non-hydrogen) atoms. The summed E-state index contributed by atoms with van der Waals surface area (Å²) in [7, 11) is 1.48. The summed E-state index contributed by atoms with van der Waals surface area (Å²) in [6, 6.07) is 10.2. The highest BCUT2D eigenvalue weighted by molar-refractivity contribution is 5.97. The van der Waals surface area contributed by atoms with E-state index in [-0.39, 0.29) is 11.3 Å². The lowest BCUT2D eigenvalue weighted by atomic mass is 10.2. The molecule has 0 unspecified atom stereocenters. The maximum Gasteiger partial charge on any atom is 0.416 e. The lowest BCUT2D eigenvalue weighted by Crippen LogP contribution is -2.30. The van der Waals surface area contributed by atoms with Gasteiger partial charge < -0.3 is 14.8 Å². The number of halogens is 3. The Hall–Kier alpha value is -3.03. The number of esters is 1. The Kier molecular flexibility index (Phi) is 5.86. The van der Waals surface area contributed by atoms with Gasteiger partial charge in [-0.3, -0.25) is 4.79 Å². The molecule has 0 heterocycles. The summed E-state index contributed by atoms with van der Waals surface area (Å²) < 4.78 is 48.1. The van der Waals surface area contributed by atoms with Gasteiger partial charge in [-0.05, 0) is 49.4 Å². The number of carbonyl (C=O) groups is 2. The molecule has 138 valence electrons. The highest BCUT2D eigenvalue weighted by Gasteiger charge is 2.30. The predicted molar refractivity (Wildman–Crippen MR) is 87.9 cm³/mol. The minimum absolute atomic E-state index is 0.0443. The predicted octanol–water partition coefficient (Wildman–Crippen LogP) is 3.90. The summed E-state index contributed by atoms with van der Waals surface area (Å²) in [5.41, 5.74) is -0.722. The van der Waals surface area contributed by atoms with Gasteiger partial charge in [-0.25, -0.2) is 4.79 Å². The fraction of sp³-hybridized carbons (Fsp3) is 0.222. The highest BCUT2D eigenvalue weighted by atomic mass is 19.4. The smallest absolute Gasteiger partial charge is 0.416 e. The van der Waals surface area contributed by atoms with Crippen LogP contribution in [0.2, 0.25) is 0 Å². The number of ether oxygens (including phenoxy) is 2. The highest BCUT2D eigenvalue weighted by Crippen LogP contribution is 2.30. The summed E-state index contributed by atoms with van der Waals surface area (Å²) in [5, 5.41) is 2.29. The fourth-order valence-electron chi connectivity index (χ4n) is 2.03. The van der Waals surface area contributed by atoms with Crippen molar-refractivity contribution in [2.45, 2.75) is 19.2 Å². The van der Waals surface area contributed by atoms with E-state index in [1.54, 1.807) is 12.1 Å². The van der Waals surface area contributed by atoms with Crippen LogP contribution >= 0.6 is 0 Å². The molecule has 0 saturated heterocycles. The van der Waals surface area contributed by atoms with Crippen LogP contribution in [0, 0.1) is 0 Å². The van der Waals surface area contributed by atoms with Crippen LogP contribution in [0.15, 0.2) is 48.5 Å². The van der Waals surface area contributed by atoms with Gasteiger partial charge in [0, 0.05) is 5.69 Å². The number of amides is 1. The molecule has 0 bridgehead atoms. The first-order valence-corrected chi connectivity index (χ1v) is 7.54. The van der Waals surface area contributed by atoms with E-state index in [1.165, 1.54) is 38.3 Å². The van der Waals surface area contributed by atoms with Crippen LogP contribution in [-0.4, -0.2) is 25.1 Å². The molecule has 1 atom stereocenters. The zero-order chi connectivity index (χ0) is 19.3. The Morgan fingerprint density at radius 1 is 1.08 bits per heavy atom. The fourth-order valence-corrected chi connectivity index (χ4v) is 2.03. The topological polar surface area (TPSA) is 64.6 Å². The molecule has 0 aromatic heterocycles. The molecule has 8 heteroatoms. The SMILES string of the molecule is COc1ccc(C(=O)O[C@H](C)C(=O)Nc2cccc(C(F)(F)F)c2)cc1. The largest absolute Gasteiger partial charge is 0.497 e. The van der Waals surface area contributed by atoms with Crippen molar-refractivity contribution in [2.75, 3.05) is 12.4 Å². The van der Waals surface area contributed by atoms with Gasteiger partial charge in [0.05, 0.1) is 18.2 Å². The number of methoxy groups -OCH3 is 1. The maximum absolute atomic E-state index is 12.7.